The summed E-state index contributed by atoms with van der Waals surface area (Å²) in [5, 5.41) is 4.33. The quantitative estimate of drug-likeness (QED) is 0.521. The second-order valence-corrected chi connectivity index (χ2v) is 7.11. The van der Waals surface area contributed by atoms with Crippen molar-refractivity contribution in [3.63, 3.8) is 0 Å². The monoisotopic (exact) mass is 405 g/mol. The van der Waals surface area contributed by atoms with Crippen LogP contribution in [0.25, 0.3) is 10.1 Å². The van der Waals surface area contributed by atoms with Crippen LogP contribution in [0.2, 0.25) is 5.02 Å². The van der Waals surface area contributed by atoms with Crippen molar-refractivity contribution in [2.45, 2.75) is 6.92 Å². The highest BCUT2D eigenvalue weighted by Crippen LogP contribution is 2.39. The van der Waals surface area contributed by atoms with Gasteiger partial charge in [-0.3, -0.25) is 4.79 Å². The Hall–Kier alpha value is -2.28. The molecule has 0 saturated carbocycles. The van der Waals surface area contributed by atoms with Crippen molar-refractivity contribution >= 4 is 44.6 Å². The molecule has 2 aromatic carbocycles. The summed E-state index contributed by atoms with van der Waals surface area (Å²) >= 11 is 7.49. The number of halogens is 1. The van der Waals surface area contributed by atoms with E-state index in [-0.39, 0.29) is 5.91 Å². The summed E-state index contributed by atoms with van der Waals surface area (Å²) in [6.45, 7) is 3.19. The third kappa shape index (κ3) is 4.53. The van der Waals surface area contributed by atoms with Gasteiger partial charge in [0, 0.05) is 22.2 Å². The van der Waals surface area contributed by atoms with Gasteiger partial charge in [0.1, 0.15) is 17.2 Å². The van der Waals surface area contributed by atoms with Crippen LogP contribution in [0.1, 0.15) is 16.6 Å². The van der Waals surface area contributed by atoms with Gasteiger partial charge in [0.25, 0.3) is 5.91 Å². The van der Waals surface area contributed by atoms with Crippen LogP contribution >= 0.6 is 22.9 Å². The highest BCUT2D eigenvalue weighted by Gasteiger charge is 2.21. The van der Waals surface area contributed by atoms with Crippen molar-refractivity contribution in [3.8, 4) is 11.5 Å². The Morgan fingerprint density at radius 2 is 1.96 bits per heavy atom. The Labute approximate surface area is 166 Å². The van der Waals surface area contributed by atoms with Crippen LogP contribution in [0.5, 0.6) is 11.5 Å². The standard InChI is InChI=1S/C20H20ClNO4S/c1-3-25-18-14-6-4-5-7-17(14)27-19(18)20(23)22-15-12-13(21)8-9-16(15)26-11-10-24-2/h4-9,12H,3,10-11H2,1-2H3,(H,22,23). The molecule has 0 fully saturated rings. The average molecular weight is 406 g/mol. The normalized spacial score (nSPS) is 10.8. The van der Waals surface area contributed by atoms with Gasteiger partial charge < -0.3 is 19.5 Å². The number of anilines is 1. The molecule has 3 rings (SSSR count). The van der Waals surface area contributed by atoms with E-state index in [4.69, 9.17) is 25.8 Å². The van der Waals surface area contributed by atoms with E-state index in [0.717, 1.165) is 10.1 Å². The van der Waals surface area contributed by atoms with E-state index in [1.54, 1.807) is 25.3 Å². The maximum Gasteiger partial charge on any atom is 0.269 e. The first-order valence-electron chi connectivity index (χ1n) is 8.51. The fraction of sp³-hybridized carbons (Fsp3) is 0.250. The van der Waals surface area contributed by atoms with E-state index in [1.165, 1.54) is 11.3 Å². The van der Waals surface area contributed by atoms with Crippen LogP contribution in [-0.4, -0.2) is 32.8 Å². The van der Waals surface area contributed by atoms with Gasteiger partial charge in [0.2, 0.25) is 0 Å². The summed E-state index contributed by atoms with van der Waals surface area (Å²) in [7, 11) is 1.60. The number of rotatable bonds is 8. The molecule has 7 heteroatoms. The smallest absolute Gasteiger partial charge is 0.269 e. The van der Waals surface area contributed by atoms with E-state index in [1.807, 2.05) is 31.2 Å². The van der Waals surface area contributed by atoms with Crippen molar-refractivity contribution in [1.29, 1.82) is 0 Å². The lowest BCUT2D eigenvalue weighted by Crippen LogP contribution is -2.14. The maximum atomic E-state index is 13.0. The number of hydrogen-bond acceptors (Lipinski definition) is 5. The first kappa shape index (κ1) is 19.5. The molecular weight excluding hydrogens is 386 g/mol. The lowest BCUT2D eigenvalue weighted by molar-refractivity contribution is 0.102. The second kappa shape index (κ2) is 9.08. The van der Waals surface area contributed by atoms with Crippen LogP contribution in [0.15, 0.2) is 42.5 Å². The minimum absolute atomic E-state index is 0.265. The van der Waals surface area contributed by atoms with Gasteiger partial charge in [0.05, 0.1) is 18.9 Å². The lowest BCUT2D eigenvalue weighted by Gasteiger charge is -2.13. The molecule has 0 aliphatic heterocycles. The Morgan fingerprint density at radius 1 is 1.15 bits per heavy atom. The molecule has 0 aliphatic carbocycles. The summed E-state index contributed by atoms with van der Waals surface area (Å²) in [5.41, 5.74) is 0.503. The van der Waals surface area contributed by atoms with Crippen molar-refractivity contribution in [1.82, 2.24) is 0 Å². The van der Waals surface area contributed by atoms with Crippen molar-refractivity contribution in [2.24, 2.45) is 0 Å². The van der Waals surface area contributed by atoms with Crippen LogP contribution < -0.4 is 14.8 Å². The van der Waals surface area contributed by atoms with E-state index >= 15 is 0 Å². The van der Waals surface area contributed by atoms with Crippen LogP contribution in [0, 0.1) is 0 Å². The van der Waals surface area contributed by atoms with Crippen molar-refractivity contribution in [3.05, 3.63) is 52.4 Å². The third-order valence-corrected chi connectivity index (χ3v) is 5.17. The number of fused-ring (bicyclic) bond motifs is 1. The molecule has 142 valence electrons. The number of methoxy groups -OCH3 is 1. The van der Waals surface area contributed by atoms with Gasteiger partial charge in [0.15, 0.2) is 5.75 Å². The van der Waals surface area contributed by atoms with Crippen molar-refractivity contribution in [2.75, 3.05) is 32.2 Å². The maximum absolute atomic E-state index is 13.0. The van der Waals surface area contributed by atoms with Gasteiger partial charge in [-0.2, -0.15) is 0 Å². The van der Waals surface area contributed by atoms with E-state index in [0.29, 0.717) is 46.9 Å². The third-order valence-electron chi connectivity index (χ3n) is 3.78. The number of thiophene rings is 1. The zero-order chi connectivity index (χ0) is 19.2. The van der Waals surface area contributed by atoms with Gasteiger partial charge in [-0.1, -0.05) is 23.7 Å². The molecule has 0 aliphatic rings. The number of benzene rings is 2. The molecule has 0 spiro atoms. The summed E-state index contributed by atoms with van der Waals surface area (Å²) in [4.78, 5) is 13.5. The van der Waals surface area contributed by atoms with Gasteiger partial charge >= 0.3 is 0 Å². The van der Waals surface area contributed by atoms with E-state index < -0.39 is 0 Å². The highest BCUT2D eigenvalue weighted by molar-refractivity contribution is 7.21. The minimum Gasteiger partial charge on any atom is -0.491 e. The lowest BCUT2D eigenvalue weighted by atomic mass is 10.2. The molecule has 0 atom stereocenters. The largest absolute Gasteiger partial charge is 0.491 e. The first-order valence-corrected chi connectivity index (χ1v) is 9.70. The molecule has 5 nitrogen and oxygen atoms in total. The SMILES string of the molecule is CCOc1c(C(=O)Nc2cc(Cl)ccc2OCCOC)sc2ccccc12. The summed E-state index contributed by atoms with van der Waals surface area (Å²) in [5.74, 6) is 0.863. The fourth-order valence-corrected chi connectivity index (χ4v) is 3.81. The van der Waals surface area contributed by atoms with Gasteiger partial charge in [-0.25, -0.2) is 0 Å². The molecular formula is C20H20ClNO4S. The van der Waals surface area contributed by atoms with E-state index in [9.17, 15) is 4.79 Å². The molecule has 1 amide bonds. The van der Waals surface area contributed by atoms with Crippen molar-refractivity contribution < 1.29 is 19.0 Å². The Kier molecular flexibility index (Phi) is 6.55. The van der Waals surface area contributed by atoms with Gasteiger partial charge in [-0.05, 0) is 37.3 Å². The topological polar surface area (TPSA) is 56.8 Å². The number of nitrogens with one attached hydrogen (secondary N) is 1. The number of carbonyl (C=O) groups is 1. The molecule has 0 saturated heterocycles. The Morgan fingerprint density at radius 3 is 2.74 bits per heavy atom. The molecule has 0 unspecified atom stereocenters. The van der Waals surface area contributed by atoms with Crippen LogP contribution in [0.4, 0.5) is 5.69 Å². The number of amides is 1. The highest BCUT2D eigenvalue weighted by atomic mass is 35.5. The molecule has 0 radical (unpaired) electrons. The average Bonchev–Trinajstić information content (AvgIpc) is 3.03. The molecule has 1 heterocycles. The van der Waals surface area contributed by atoms with Crippen LogP contribution in [0.3, 0.4) is 0 Å². The Balaban J connectivity index is 1.90. The zero-order valence-electron chi connectivity index (χ0n) is 15.1. The molecule has 0 bridgehead atoms. The fourth-order valence-electron chi connectivity index (χ4n) is 2.60. The predicted octanol–water partition coefficient (Wildman–Crippen LogP) is 5.23. The number of hydrogen-bond donors (Lipinski definition) is 1. The summed E-state index contributed by atoms with van der Waals surface area (Å²) in [6, 6.07) is 12.9. The minimum atomic E-state index is -0.265. The molecule has 27 heavy (non-hydrogen) atoms. The first-order chi connectivity index (χ1) is 13.1. The molecule has 1 N–H and O–H groups in total. The van der Waals surface area contributed by atoms with Gasteiger partial charge in [-0.15, -0.1) is 11.3 Å². The summed E-state index contributed by atoms with van der Waals surface area (Å²) in [6.07, 6.45) is 0. The molecule has 1 aromatic heterocycles. The summed E-state index contributed by atoms with van der Waals surface area (Å²) < 4.78 is 17.4. The van der Waals surface area contributed by atoms with Crippen LogP contribution in [-0.2, 0) is 4.74 Å². The molecule has 3 aromatic rings. The predicted molar refractivity (Wildman–Crippen MR) is 110 cm³/mol. The number of carbonyl (C=O) groups excluding carboxylic acids is 1. The Bertz CT molecular complexity index is 941. The second-order valence-electron chi connectivity index (χ2n) is 5.63. The number of ether oxygens (including phenoxy) is 3. The van der Waals surface area contributed by atoms with E-state index in [2.05, 4.69) is 5.32 Å². The zero-order valence-corrected chi connectivity index (χ0v) is 16.7.